The smallest absolute Gasteiger partial charge is 0.302 e. The molecule has 0 saturated heterocycles. The number of nitrogens with zero attached hydrogens (tertiary/aromatic N) is 4. The normalized spacial score (nSPS) is 10.9. The molecule has 4 rings (SSSR count). The molecule has 4 aromatic rings. The number of hydrogen-bond acceptors (Lipinski definition) is 8. The number of nitrogens with one attached hydrogen (secondary N) is 1. The van der Waals surface area contributed by atoms with Gasteiger partial charge < -0.3 is 14.9 Å². The third kappa shape index (κ3) is 5.06. The van der Waals surface area contributed by atoms with Crippen LogP contribution in [0, 0.1) is 11.6 Å². The molecule has 3 heterocycles. The summed E-state index contributed by atoms with van der Waals surface area (Å²) in [5.41, 5.74) is 6.00. The number of halogens is 2. The van der Waals surface area contributed by atoms with Gasteiger partial charge in [-0.3, -0.25) is 24.5 Å². The number of carbonyl (C=O) groups excluding carboxylic acids is 1. The fourth-order valence-electron chi connectivity index (χ4n) is 3.38. The predicted octanol–water partition coefficient (Wildman–Crippen LogP) is 2.64. The highest BCUT2D eigenvalue weighted by molar-refractivity contribution is 6.01. The second kappa shape index (κ2) is 10.2. The van der Waals surface area contributed by atoms with Crippen LogP contribution in [-0.2, 0) is 17.7 Å². The zero-order valence-corrected chi connectivity index (χ0v) is 18.5. The van der Waals surface area contributed by atoms with E-state index in [1.165, 1.54) is 48.5 Å². The minimum atomic E-state index is -0.782. The van der Waals surface area contributed by atoms with E-state index in [4.69, 9.17) is 14.9 Å². The summed E-state index contributed by atoms with van der Waals surface area (Å²) in [6.45, 7) is 0.388. The van der Waals surface area contributed by atoms with E-state index in [1.807, 2.05) is 0 Å². The maximum Gasteiger partial charge on any atom is 0.302 e. The number of aromatic nitrogens is 4. The summed E-state index contributed by atoms with van der Waals surface area (Å²) >= 11 is 0. The molecule has 0 aliphatic rings. The Labute approximate surface area is 197 Å². The van der Waals surface area contributed by atoms with Crippen molar-refractivity contribution in [2.45, 2.75) is 13.0 Å². The predicted molar refractivity (Wildman–Crippen MR) is 122 cm³/mol. The quantitative estimate of drug-likeness (QED) is 0.391. The topological polar surface area (TPSA) is 138 Å². The maximum absolute atomic E-state index is 14.4. The first kappa shape index (κ1) is 23.7. The molecule has 3 aromatic heterocycles. The fourth-order valence-corrected chi connectivity index (χ4v) is 3.38. The zero-order chi connectivity index (χ0) is 24.9. The molecule has 180 valence electrons. The summed E-state index contributed by atoms with van der Waals surface area (Å²) in [4.78, 5) is 36.9. The summed E-state index contributed by atoms with van der Waals surface area (Å²) < 4.78 is 40.7. The molecule has 0 bridgehead atoms. The number of benzene rings is 1. The number of nitrogens with two attached hydrogens (primary N) is 1. The summed E-state index contributed by atoms with van der Waals surface area (Å²) in [5.74, 6) is -2.16. The first-order chi connectivity index (χ1) is 16.9. The van der Waals surface area contributed by atoms with Crippen molar-refractivity contribution in [3.63, 3.8) is 0 Å². The van der Waals surface area contributed by atoms with Crippen LogP contribution in [0.5, 0.6) is 0 Å². The Morgan fingerprint density at radius 1 is 1.20 bits per heavy atom. The second-order valence-corrected chi connectivity index (χ2v) is 7.33. The highest BCUT2D eigenvalue weighted by Gasteiger charge is 2.23. The summed E-state index contributed by atoms with van der Waals surface area (Å²) in [6, 6.07) is 5.92. The molecular weight excluding hydrogens is 462 g/mol. The average Bonchev–Trinajstić information content (AvgIpc) is 3.23. The van der Waals surface area contributed by atoms with Gasteiger partial charge in [0, 0.05) is 43.1 Å². The van der Waals surface area contributed by atoms with Crippen LogP contribution < -0.4 is 16.6 Å². The van der Waals surface area contributed by atoms with Gasteiger partial charge in [-0.2, -0.15) is 4.98 Å². The van der Waals surface area contributed by atoms with Gasteiger partial charge in [-0.25, -0.2) is 13.8 Å². The number of pyridine rings is 1. The molecule has 3 N–H and O–H groups in total. The van der Waals surface area contributed by atoms with Crippen LogP contribution in [-0.4, -0.2) is 39.1 Å². The number of carbonyl (C=O) groups is 1. The summed E-state index contributed by atoms with van der Waals surface area (Å²) in [6.07, 6.45) is 3.66. The Morgan fingerprint density at radius 3 is 2.66 bits per heavy atom. The van der Waals surface area contributed by atoms with E-state index in [2.05, 4.69) is 20.3 Å². The average molecular weight is 482 g/mol. The first-order valence-corrected chi connectivity index (χ1v) is 10.4. The summed E-state index contributed by atoms with van der Waals surface area (Å²) in [5, 5.41) is 2.45. The first-order valence-electron chi connectivity index (χ1n) is 10.4. The molecule has 0 saturated carbocycles. The number of oxazole rings is 1. The van der Waals surface area contributed by atoms with Gasteiger partial charge in [-0.15, -0.1) is 0 Å². The Balaban J connectivity index is 1.79. The van der Waals surface area contributed by atoms with Gasteiger partial charge in [0.1, 0.15) is 34.6 Å². The number of hydrogen-bond donors (Lipinski definition) is 2. The Kier molecular flexibility index (Phi) is 6.92. The van der Waals surface area contributed by atoms with E-state index in [0.717, 1.165) is 12.1 Å². The van der Waals surface area contributed by atoms with Crippen LogP contribution >= 0.6 is 0 Å². The van der Waals surface area contributed by atoms with Gasteiger partial charge in [0.05, 0.1) is 19.3 Å². The van der Waals surface area contributed by atoms with Crippen LogP contribution in [0.4, 0.5) is 20.6 Å². The van der Waals surface area contributed by atoms with Crippen LogP contribution in [0.15, 0.2) is 58.1 Å². The zero-order valence-electron chi connectivity index (χ0n) is 18.5. The van der Waals surface area contributed by atoms with Crippen molar-refractivity contribution in [3.05, 3.63) is 87.9 Å². The van der Waals surface area contributed by atoms with Crippen molar-refractivity contribution in [1.82, 2.24) is 19.5 Å². The molecule has 0 aliphatic carbocycles. The van der Waals surface area contributed by atoms with E-state index in [1.54, 1.807) is 0 Å². The number of amides is 1. The molecule has 12 heteroatoms. The van der Waals surface area contributed by atoms with Crippen molar-refractivity contribution >= 4 is 17.7 Å². The molecule has 1 aromatic carbocycles. The van der Waals surface area contributed by atoms with E-state index < -0.39 is 17.5 Å². The van der Waals surface area contributed by atoms with Gasteiger partial charge in [0.15, 0.2) is 0 Å². The number of nitrogen functional groups attached to an aromatic ring is 1. The van der Waals surface area contributed by atoms with E-state index in [0.29, 0.717) is 0 Å². The van der Waals surface area contributed by atoms with E-state index in [9.17, 15) is 18.4 Å². The summed E-state index contributed by atoms with van der Waals surface area (Å²) in [7, 11) is 1.48. The Bertz CT molecular complexity index is 1400. The van der Waals surface area contributed by atoms with Crippen molar-refractivity contribution in [3.8, 4) is 11.3 Å². The highest BCUT2D eigenvalue weighted by Crippen LogP contribution is 2.32. The molecule has 0 aliphatic heterocycles. The van der Waals surface area contributed by atoms with Gasteiger partial charge in [-0.05, 0) is 18.2 Å². The third-order valence-electron chi connectivity index (χ3n) is 5.11. The molecular formula is C23H20F2N6O4. The minimum absolute atomic E-state index is 0.00146. The maximum atomic E-state index is 14.4. The van der Waals surface area contributed by atoms with Crippen molar-refractivity contribution in [2.75, 3.05) is 24.8 Å². The molecule has 0 radical (unpaired) electrons. The molecule has 1 amide bonds. The highest BCUT2D eigenvalue weighted by atomic mass is 19.1. The van der Waals surface area contributed by atoms with Crippen LogP contribution in [0.2, 0.25) is 0 Å². The van der Waals surface area contributed by atoms with Crippen molar-refractivity contribution < 1.29 is 22.7 Å². The number of rotatable bonds is 8. The lowest BCUT2D eigenvalue weighted by atomic mass is 10.0. The SMILES string of the molecule is COCCn1c(N)c(-c2nc(NC(=O)c3cnccn3)oc2Cc2c(F)cccc2F)ccc1=O. The van der Waals surface area contributed by atoms with E-state index >= 15 is 0 Å². The van der Waals surface area contributed by atoms with Crippen molar-refractivity contribution in [2.24, 2.45) is 0 Å². The lowest BCUT2D eigenvalue weighted by Gasteiger charge is -2.12. The second-order valence-electron chi connectivity index (χ2n) is 7.33. The largest absolute Gasteiger partial charge is 0.427 e. The molecule has 0 spiro atoms. The third-order valence-corrected chi connectivity index (χ3v) is 5.11. The number of methoxy groups -OCH3 is 1. The molecule has 0 atom stereocenters. The van der Waals surface area contributed by atoms with Gasteiger partial charge in [-0.1, -0.05) is 6.07 Å². The van der Waals surface area contributed by atoms with Crippen molar-refractivity contribution in [1.29, 1.82) is 0 Å². The molecule has 10 nitrogen and oxygen atoms in total. The van der Waals surface area contributed by atoms with Gasteiger partial charge >= 0.3 is 6.01 Å². The fraction of sp³-hybridized carbons (Fsp3) is 0.174. The van der Waals surface area contributed by atoms with Gasteiger partial charge in [0.2, 0.25) is 0 Å². The van der Waals surface area contributed by atoms with Crippen LogP contribution in [0.25, 0.3) is 11.3 Å². The van der Waals surface area contributed by atoms with Crippen LogP contribution in [0.1, 0.15) is 21.8 Å². The molecule has 0 unspecified atom stereocenters. The standard InChI is InChI=1S/C23H20F2N6O4/c1-34-10-9-31-19(32)6-5-13(21(31)26)20-18(11-14-15(24)3-2-4-16(14)25)35-23(29-20)30-22(33)17-12-27-7-8-28-17/h2-8,12H,9-11,26H2,1H3,(H,29,30,33). The molecule has 0 fully saturated rings. The van der Waals surface area contributed by atoms with Gasteiger partial charge in [0.25, 0.3) is 11.5 Å². The monoisotopic (exact) mass is 482 g/mol. The Hall–Kier alpha value is -4.45. The van der Waals surface area contributed by atoms with Crippen LogP contribution in [0.3, 0.4) is 0 Å². The lowest BCUT2D eigenvalue weighted by Crippen LogP contribution is -2.24. The number of ether oxygens (including phenoxy) is 1. The number of anilines is 2. The van der Waals surface area contributed by atoms with E-state index in [-0.39, 0.29) is 65.2 Å². The Morgan fingerprint density at radius 2 is 1.97 bits per heavy atom. The minimum Gasteiger partial charge on any atom is -0.427 e. The lowest BCUT2D eigenvalue weighted by molar-refractivity contribution is 0.101. The molecule has 35 heavy (non-hydrogen) atoms.